The van der Waals surface area contributed by atoms with Gasteiger partial charge in [0, 0.05) is 16.7 Å². The first-order valence-electron chi connectivity index (χ1n) is 10.3. The number of hydrogen-bond donors (Lipinski definition) is 2. The van der Waals surface area contributed by atoms with E-state index in [1.807, 2.05) is 68.7 Å². The van der Waals surface area contributed by atoms with Gasteiger partial charge in [0.05, 0.1) is 17.4 Å². The molecule has 0 aliphatic heterocycles. The van der Waals surface area contributed by atoms with E-state index in [-0.39, 0.29) is 23.6 Å². The molecule has 2 aromatic carbocycles. The van der Waals surface area contributed by atoms with Gasteiger partial charge < -0.3 is 15.2 Å². The van der Waals surface area contributed by atoms with E-state index in [2.05, 4.69) is 36.8 Å². The molecule has 9 heteroatoms. The van der Waals surface area contributed by atoms with Crippen molar-refractivity contribution in [2.45, 2.75) is 45.4 Å². The molecule has 168 valence electrons. The Kier molecular flexibility index (Phi) is 8.09. The topological polar surface area (TPSA) is 88.9 Å². The normalized spacial score (nSPS) is 11.8. The predicted octanol–water partition coefficient (Wildman–Crippen LogP) is 4.90. The van der Waals surface area contributed by atoms with E-state index in [1.165, 1.54) is 11.8 Å². The molecular weight excluding hydrogens is 490 g/mol. The number of aryl methyl sites for hydroxylation is 2. The Hall–Kier alpha value is -2.65. The molecule has 0 saturated carbocycles. The van der Waals surface area contributed by atoms with Gasteiger partial charge >= 0.3 is 0 Å². The fraction of sp³-hybridized carbons (Fsp3) is 0.304. The number of thioether (sulfide) groups is 1. The Morgan fingerprint density at radius 1 is 1.09 bits per heavy atom. The predicted molar refractivity (Wildman–Crippen MR) is 131 cm³/mol. The number of nitrogens with one attached hydrogen (secondary N) is 2. The number of para-hydroxylation sites is 1. The summed E-state index contributed by atoms with van der Waals surface area (Å²) in [6.45, 7) is 8.42. The lowest BCUT2D eigenvalue weighted by atomic mass is 10.1. The number of amides is 2. The summed E-state index contributed by atoms with van der Waals surface area (Å²) in [5.74, 6) is 0.558. The van der Waals surface area contributed by atoms with Crippen LogP contribution in [-0.2, 0) is 11.3 Å². The number of aromatic nitrogens is 3. The van der Waals surface area contributed by atoms with Crippen molar-refractivity contribution in [3.05, 3.63) is 69.5 Å². The molecule has 0 bridgehead atoms. The summed E-state index contributed by atoms with van der Waals surface area (Å²) in [4.78, 5) is 25.2. The Morgan fingerprint density at radius 2 is 1.78 bits per heavy atom. The van der Waals surface area contributed by atoms with Crippen molar-refractivity contribution < 1.29 is 9.59 Å². The van der Waals surface area contributed by atoms with Crippen molar-refractivity contribution in [2.75, 3.05) is 11.1 Å². The summed E-state index contributed by atoms with van der Waals surface area (Å²) >= 11 is 4.73. The molecule has 0 spiro atoms. The van der Waals surface area contributed by atoms with Crippen LogP contribution in [0.5, 0.6) is 0 Å². The molecule has 1 atom stereocenters. The number of nitrogens with zero attached hydrogens (tertiary/aromatic N) is 3. The lowest BCUT2D eigenvalue weighted by molar-refractivity contribution is -0.113. The van der Waals surface area contributed by atoms with Crippen LogP contribution >= 0.6 is 27.7 Å². The molecule has 7 nitrogen and oxygen atoms in total. The first kappa shape index (κ1) is 24.0. The fourth-order valence-corrected chi connectivity index (χ4v) is 4.60. The van der Waals surface area contributed by atoms with Crippen LogP contribution in [0.3, 0.4) is 0 Å². The van der Waals surface area contributed by atoms with Crippen LogP contribution in [0.4, 0.5) is 5.69 Å². The van der Waals surface area contributed by atoms with Crippen molar-refractivity contribution in [3.8, 4) is 0 Å². The maximum Gasteiger partial charge on any atom is 0.253 e. The zero-order valence-corrected chi connectivity index (χ0v) is 20.9. The second-order valence-corrected chi connectivity index (χ2v) is 9.16. The van der Waals surface area contributed by atoms with Gasteiger partial charge in [-0.25, -0.2) is 0 Å². The van der Waals surface area contributed by atoms with Gasteiger partial charge in [-0.2, -0.15) is 0 Å². The van der Waals surface area contributed by atoms with E-state index in [0.29, 0.717) is 23.1 Å². The fourth-order valence-electron chi connectivity index (χ4n) is 3.33. The highest BCUT2D eigenvalue weighted by molar-refractivity contribution is 9.10. The summed E-state index contributed by atoms with van der Waals surface area (Å²) in [5.41, 5.74) is 3.45. The molecule has 0 fully saturated rings. The Bertz CT molecular complexity index is 1110. The number of carbonyl (C=O) groups is 2. The van der Waals surface area contributed by atoms with Gasteiger partial charge in [0.1, 0.15) is 0 Å². The second kappa shape index (κ2) is 10.8. The Labute approximate surface area is 200 Å². The molecule has 3 rings (SSSR count). The van der Waals surface area contributed by atoms with Gasteiger partial charge in [0.2, 0.25) is 5.91 Å². The largest absolute Gasteiger partial charge is 0.342 e. The minimum atomic E-state index is -0.347. The number of benzene rings is 2. The van der Waals surface area contributed by atoms with Crippen LogP contribution in [0.25, 0.3) is 0 Å². The summed E-state index contributed by atoms with van der Waals surface area (Å²) in [7, 11) is 0. The van der Waals surface area contributed by atoms with Gasteiger partial charge in [-0.15, -0.1) is 10.2 Å². The second-order valence-electron chi connectivity index (χ2n) is 7.36. The average molecular weight is 516 g/mol. The molecule has 0 aliphatic carbocycles. The summed E-state index contributed by atoms with van der Waals surface area (Å²) in [6, 6.07) is 12.8. The third-order valence-corrected chi connectivity index (χ3v) is 6.65. The van der Waals surface area contributed by atoms with Crippen molar-refractivity contribution in [1.82, 2.24) is 20.1 Å². The molecular formula is C23H26BrN5O2S. The van der Waals surface area contributed by atoms with Gasteiger partial charge in [0.25, 0.3) is 5.91 Å². The van der Waals surface area contributed by atoms with Crippen molar-refractivity contribution in [2.24, 2.45) is 0 Å². The average Bonchev–Trinajstić information content (AvgIpc) is 3.18. The maximum absolute atomic E-state index is 12.6. The number of halogens is 1. The third-order valence-electron chi connectivity index (χ3n) is 4.99. The smallest absolute Gasteiger partial charge is 0.253 e. The number of anilines is 1. The molecule has 0 aliphatic rings. The zero-order chi connectivity index (χ0) is 23.3. The summed E-state index contributed by atoms with van der Waals surface area (Å²) in [6.07, 6.45) is 0. The molecule has 32 heavy (non-hydrogen) atoms. The summed E-state index contributed by atoms with van der Waals surface area (Å²) in [5, 5.41) is 15.1. The van der Waals surface area contributed by atoms with Gasteiger partial charge in [-0.1, -0.05) is 42.1 Å². The van der Waals surface area contributed by atoms with E-state index in [0.717, 1.165) is 21.3 Å². The summed E-state index contributed by atoms with van der Waals surface area (Å²) < 4.78 is 2.65. The van der Waals surface area contributed by atoms with Crippen LogP contribution in [0.1, 0.15) is 47.2 Å². The van der Waals surface area contributed by atoms with Crippen molar-refractivity contribution in [3.63, 3.8) is 0 Å². The van der Waals surface area contributed by atoms with Crippen molar-refractivity contribution in [1.29, 1.82) is 0 Å². The van der Waals surface area contributed by atoms with E-state index < -0.39 is 0 Å². The monoisotopic (exact) mass is 515 g/mol. The highest BCUT2D eigenvalue weighted by atomic mass is 79.9. The van der Waals surface area contributed by atoms with E-state index in [9.17, 15) is 9.59 Å². The highest BCUT2D eigenvalue weighted by Crippen LogP contribution is 2.24. The molecule has 3 aromatic rings. The van der Waals surface area contributed by atoms with Crippen LogP contribution < -0.4 is 10.6 Å². The van der Waals surface area contributed by atoms with Gasteiger partial charge in [-0.3, -0.25) is 9.59 Å². The maximum atomic E-state index is 12.6. The molecule has 0 radical (unpaired) electrons. The standard InChI is InChI=1S/C23H26BrN5O2S/c1-5-29-21(16(4)25-22(31)17-11-6-7-12-18(17)24)27-28-23(29)32-13-19(30)26-20-14(2)9-8-10-15(20)3/h6-12,16H,5,13H2,1-4H3,(H,25,31)(H,26,30). The lowest BCUT2D eigenvalue weighted by Crippen LogP contribution is -2.29. The van der Waals surface area contributed by atoms with E-state index in [4.69, 9.17) is 0 Å². The Morgan fingerprint density at radius 3 is 2.44 bits per heavy atom. The minimum Gasteiger partial charge on any atom is -0.342 e. The van der Waals surface area contributed by atoms with Crippen LogP contribution in [0.2, 0.25) is 0 Å². The van der Waals surface area contributed by atoms with E-state index >= 15 is 0 Å². The first-order valence-corrected chi connectivity index (χ1v) is 12.1. The zero-order valence-electron chi connectivity index (χ0n) is 18.5. The lowest BCUT2D eigenvalue weighted by Gasteiger charge is -2.15. The number of hydrogen-bond acceptors (Lipinski definition) is 5. The van der Waals surface area contributed by atoms with E-state index in [1.54, 1.807) is 6.07 Å². The molecule has 2 amide bonds. The number of rotatable bonds is 8. The van der Waals surface area contributed by atoms with Crippen LogP contribution in [0, 0.1) is 13.8 Å². The van der Waals surface area contributed by atoms with Crippen LogP contribution in [0.15, 0.2) is 52.1 Å². The molecule has 0 saturated heterocycles. The molecule has 1 heterocycles. The van der Waals surface area contributed by atoms with Crippen LogP contribution in [-0.4, -0.2) is 32.3 Å². The van der Waals surface area contributed by atoms with Crippen molar-refractivity contribution >= 4 is 45.2 Å². The number of carbonyl (C=O) groups excluding carboxylic acids is 2. The third kappa shape index (κ3) is 5.58. The quantitative estimate of drug-likeness (QED) is 0.416. The highest BCUT2D eigenvalue weighted by Gasteiger charge is 2.21. The molecule has 2 N–H and O–H groups in total. The van der Waals surface area contributed by atoms with Gasteiger partial charge in [0.15, 0.2) is 11.0 Å². The van der Waals surface area contributed by atoms with Gasteiger partial charge in [-0.05, 0) is 66.9 Å². The first-order chi connectivity index (χ1) is 15.3. The Balaban J connectivity index is 1.66. The molecule has 1 unspecified atom stereocenters. The SMILES string of the molecule is CCn1c(SCC(=O)Nc2c(C)cccc2C)nnc1C(C)NC(=O)c1ccccc1Br. The minimum absolute atomic E-state index is 0.102. The molecule has 1 aromatic heterocycles.